The zero-order valence-electron chi connectivity index (χ0n) is 11.8. The quantitative estimate of drug-likeness (QED) is 0.865. The predicted octanol–water partition coefficient (Wildman–Crippen LogP) is 0.817. The Morgan fingerprint density at radius 3 is 3.14 bits per heavy atom. The van der Waals surface area contributed by atoms with Crippen molar-refractivity contribution in [1.29, 1.82) is 5.26 Å². The summed E-state index contributed by atoms with van der Waals surface area (Å²) in [6.07, 6.45) is 1.69. The minimum Gasteiger partial charge on any atom is -0.369 e. The molecule has 1 saturated heterocycles. The summed E-state index contributed by atoms with van der Waals surface area (Å²) in [5.41, 5.74) is 0. The zero-order chi connectivity index (χ0) is 15.3. The van der Waals surface area contributed by atoms with Crippen LogP contribution in [-0.2, 0) is 14.8 Å². The SMILES string of the molecule is CCCNc1ncccc1S(=O)(=O)N1CCOC(C#N)C1. The molecule has 7 nitrogen and oxygen atoms in total. The molecule has 21 heavy (non-hydrogen) atoms. The summed E-state index contributed by atoms with van der Waals surface area (Å²) in [7, 11) is -3.69. The fourth-order valence-electron chi connectivity index (χ4n) is 2.04. The molecule has 0 saturated carbocycles. The highest BCUT2D eigenvalue weighted by Crippen LogP contribution is 2.24. The number of anilines is 1. The lowest BCUT2D eigenvalue weighted by atomic mass is 10.3. The van der Waals surface area contributed by atoms with Gasteiger partial charge in [-0.2, -0.15) is 9.57 Å². The standard InChI is InChI=1S/C13H18N4O3S/c1-2-5-15-13-12(4-3-6-16-13)21(18,19)17-7-8-20-11(9-14)10-17/h3-4,6,11H,2,5,7-8,10H2,1H3,(H,15,16). The van der Waals surface area contributed by atoms with Gasteiger partial charge in [-0.3, -0.25) is 0 Å². The lowest BCUT2D eigenvalue weighted by Crippen LogP contribution is -2.45. The second kappa shape index (κ2) is 6.85. The van der Waals surface area contributed by atoms with Crippen molar-refractivity contribution in [3.05, 3.63) is 18.3 Å². The summed E-state index contributed by atoms with van der Waals surface area (Å²) in [5, 5.41) is 11.9. The van der Waals surface area contributed by atoms with Crippen molar-refractivity contribution in [2.75, 3.05) is 31.6 Å². The molecule has 1 aromatic heterocycles. The number of rotatable bonds is 5. The van der Waals surface area contributed by atoms with Crippen molar-refractivity contribution < 1.29 is 13.2 Å². The van der Waals surface area contributed by atoms with Crippen molar-refractivity contribution in [2.24, 2.45) is 0 Å². The topological polar surface area (TPSA) is 95.3 Å². The fourth-order valence-corrected chi connectivity index (χ4v) is 3.58. The van der Waals surface area contributed by atoms with Crippen LogP contribution in [0.4, 0.5) is 5.82 Å². The van der Waals surface area contributed by atoms with Gasteiger partial charge in [0, 0.05) is 19.3 Å². The van der Waals surface area contributed by atoms with Crippen molar-refractivity contribution in [2.45, 2.75) is 24.3 Å². The number of pyridine rings is 1. The first kappa shape index (κ1) is 15.7. The lowest BCUT2D eigenvalue weighted by molar-refractivity contribution is 0.0311. The van der Waals surface area contributed by atoms with Crippen molar-refractivity contribution in [1.82, 2.24) is 9.29 Å². The average molecular weight is 310 g/mol. The molecule has 8 heteroatoms. The first-order valence-electron chi connectivity index (χ1n) is 6.80. The molecule has 0 aliphatic carbocycles. The molecule has 1 fully saturated rings. The van der Waals surface area contributed by atoms with E-state index in [4.69, 9.17) is 10.00 Å². The molecule has 1 N–H and O–H groups in total. The summed E-state index contributed by atoms with van der Waals surface area (Å²) in [5.74, 6) is 0.347. The van der Waals surface area contributed by atoms with Gasteiger partial charge in [-0.1, -0.05) is 6.92 Å². The van der Waals surface area contributed by atoms with Crippen LogP contribution in [0.25, 0.3) is 0 Å². The molecule has 1 unspecified atom stereocenters. The maximum absolute atomic E-state index is 12.7. The minimum absolute atomic E-state index is 0.0426. The molecular weight excluding hydrogens is 292 g/mol. The largest absolute Gasteiger partial charge is 0.369 e. The Morgan fingerprint density at radius 1 is 1.62 bits per heavy atom. The number of aromatic nitrogens is 1. The van der Waals surface area contributed by atoms with Crippen LogP contribution in [0.5, 0.6) is 0 Å². The van der Waals surface area contributed by atoms with E-state index in [0.717, 1.165) is 6.42 Å². The van der Waals surface area contributed by atoms with E-state index < -0.39 is 16.1 Å². The van der Waals surface area contributed by atoms with E-state index in [1.54, 1.807) is 12.3 Å². The zero-order valence-corrected chi connectivity index (χ0v) is 12.6. The smallest absolute Gasteiger partial charge is 0.246 e. The average Bonchev–Trinajstić information content (AvgIpc) is 2.53. The number of ether oxygens (including phenoxy) is 1. The van der Waals surface area contributed by atoms with Crippen LogP contribution >= 0.6 is 0 Å². The van der Waals surface area contributed by atoms with Crippen LogP contribution in [0.1, 0.15) is 13.3 Å². The number of nitrogens with zero attached hydrogens (tertiary/aromatic N) is 3. The first-order chi connectivity index (χ1) is 10.1. The molecule has 0 radical (unpaired) electrons. The minimum atomic E-state index is -3.69. The van der Waals surface area contributed by atoms with E-state index in [1.165, 1.54) is 10.4 Å². The highest BCUT2D eigenvalue weighted by atomic mass is 32.2. The van der Waals surface area contributed by atoms with Gasteiger partial charge in [0.05, 0.1) is 19.2 Å². The van der Waals surface area contributed by atoms with Gasteiger partial charge >= 0.3 is 0 Å². The molecule has 1 aliphatic heterocycles. The molecule has 0 spiro atoms. The normalized spacial score (nSPS) is 19.9. The fraction of sp³-hybridized carbons (Fsp3) is 0.538. The summed E-state index contributed by atoms with van der Waals surface area (Å²) in [6.45, 7) is 3.13. The third-order valence-corrected chi connectivity index (χ3v) is 5.00. The molecule has 1 aromatic rings. The highest BCUT2D eigenvalue weighted by molar-refractivity contribution is 7.89. The molecule has 114 valence electrons. The summed E-state index contributed by atoms with van der Waals surface area (Å²) >= 11 is 0. The molecular formula is C13H18N4O3S. The molecule has 1 atom stereocenters. The summed E-state index contributed by atoms with van der Waals surface area (Å²) in [6, 6.07) is 5.06. The van der Waals surface area contributed by atoms with Crippen molar-refractivity contribution >= 4 is 15.8 Å². The Kier molecular flexibility index (Phi) is 5.12. The number of nitriles is 1. The monoisotopic (exact) mass is 310 g/mol. The molecule has 2 heterocycles. The molecule has 0 aromatic carbocycles. The molecule has 0 amide bonds. The second-order valence-corrected chi connectivity index (χ2v) is 6.53. The van der Waals surface area contributed by atoms with Crippen LogP contribution in [0.2, 0.25) is 0 Å². The molecule has 1 aliphatic rings. The maximum atomic E-state index is 12.7. The van der Waals surface area contributed by atoms with E-state index in [2.05, 4.69) is 10.3 Å². The highest BCUT2D eigenvalue weighted by Gasteiger charge is 2.32. The van der Waals surface area contributed by atoms with Gasteiger partial charge in [-0.05, 0) is 18.6 Å². The van der Waals surface area contributed by atoms with E-state index in [-0.39, 0.29) is 24.6 Å². The molecule has 0 bridgehead atoms. The van der Waals surface area contributed by atoms with Crippen LogP contribution in [0.15, 0.2) is 23.2 Å². The Hall–Kier alpha value is -1.69. The van der Waals surface area contributed by atoms with Gasteiger partial charge in [0.15, 0.2) is 6.10 Å². The number of hydrogen-bond donors (Lipinski definition) is 1. The number of nitrogens with one attached hydrogen (secondary N) is 1. The van der Waals surface area contributed by atoms with Gasteiger partial charge in [-0.25, -0.2) is 13.4 Å². The third kappa shape index (κ3) is 3.50. The van der Waals surface area contributed by atoms with Crippen molar-refractivity contribution in [3.63, 3.8) is 0 Å². The Balaban J connectivity index is 2.29. The van der Waals surface area contributed by atoms with Gasteiger partial charge in [0.1, 0.15) is 10.7 Å². The first-order valence-corrected chi connectivity index (χ1v) is 8.24. The predicted molar refractivity (Wildman–Crippen MR) is 77.1 cm³/mol. The Labute approximate surface area is 124 Å². The van der Waals surface area contributed by atoms with Crippen LogP contribution in [0, 0.1) is 11.3 Å². The third-order valence-electron chi connectivity index (χ3n) is 3.10. The van der Waals surface area contributed by atoms with E-state index in [1.807, 2.05) is 13.0 Å². The van der Waals surface area contributed by atoms with Gasteiger partial charge in [-0.15, -0.1) is 0 Å². The number of sulfonamides is 1. The van der Waals surface area contributed by atoms with Crippen molar-refractivity contribution in [3.8, 4) is 6.07 Å². The van der Waals surface area contributed by atoms with E-state index in [0.29, 0.717) is 12.4 Å². The lowest BCUT2D eigenvalue weighted by Gasteiger charge is -2.29. The summed E-state index contributed by atoms with van der Waals surface area (Å²) < 4.78 is 31.9. The van der Waals surface area contributed by atoms with Crippen LogP contribution in [0.3, 0.4) is 0 Å². The molecule has 2 rings (SSSR count). The maximum Gasteiger partial charge on any atom is 0.246 e. The Morgan fingerprint density at radius 2 is 2.43 bits per heavy atom. The second-order valence-electron chi connectivity index (χ2n) is 4.63. The van der Waals surface area contributed by atoms with E-state index >= 15 is 0 Å². The van der Waals surface area contributed by atoms with Gasteiger partial charge < -0.3 is 10.1 Å². The van der Waals surface area contributed by atoms with Crippen LogP contribution < -0.4 is 5.32 Å². The van der Waals surface area contributed by atoms with Gasteiger partial charge in [0.2, 0.25) is 10.0 Å². The number of hydrogen-bond acceptors (Lipinski definition) is 6. The van der Waals surface area contributed by atoms with Crippen LogP contribution in [-0.4, -0.2) is 50.1 Å². The van der Waals surface area contributed by atoms with Gasteiger partial charge in [0.25, 0.3) is 0 Å². The number of morpholine rings is 1. The van der Waals surface area contributed by atoms with E-state index in [9.17, 15) is 8.42 Å². The summed E-state index contributed by atoms with van der Waals surface area (Å²) in [4.78, 5) is 4.24. The Bertz CT molecular complexity index is 627.